The lowest BCUT2D eigenvalue weighted by Crippen LogP contribution is -2.41. The monoisotopic (exact) mass is 272 g/mol. The quantitative estimate of drug-likeness (QED) is 0.729. The highest BCUT2D eigenvalue weighted by atomic mass is 16.7. The molecule has 1 atom stereocenters. The van der Waals surface area contributed by atoms with Crippen molar-refractivity contribution in [1.82, 2.24) is 0 Å². The minimum atomic E-state index is -0.263. The van der Waals surface area contributed by atoms with Crippen molar-refractivity contribution in [3.8, 4) is 0 Å². The molecule has 1 aromatic rings. The summed E-state index contributed by atoms with van der Waals surface area (Å²) in [5, 5.41) is 0. The molecule has 3 rings (SSSR count). The zero-order chi connectivity index (χ0) is 14.5. The lowest BCUT2D eigenvalue weighted by atomic mass is 9.70. The van der Waals surface area contributed by atoms with Gasteiger partial charge in [0, 0.05) is 0 Å². The van der Waals surface area contributed by atoms with Crippen molar-refractivity contribution in [3.05, 3.63) is 29.3 Å². The summed E-state index contributed by atoms with van der Waals surface area (Å²) in [4.78, 5) is 0. The van der Waals surface area contributed by atoms with E-state index in [-0.39, 0.29) is 18.3 Å². The van der Waals surface area contributed by atoms with E-state index in [0.29, 0.717) is 5.92 Å². The second-order valence-corrected chi connectivity index (χ2v) is 7.30. The van der Waals surface area contributed by atoms with Crippen molar-refractivity contribution >= 4 is 12.6 Å². The molecule has 1 aromatic carbocycles. The minimum Gasteiger partial charge on any atom is -0.399 e. The van der Waals surface area contributed by atoms with Crippen LogP contribution in [0.1, 0.15) is 64.5 Å². The number of benzene rings is 1. The minimum absolute atomic E-state index is 0.222. The molecule has 0 amide bonds. The van der Waals surface area contributed by atoms with E-state index in [0.717, 1.165) is 6.42 Å². The molecular weight excluding hydrogens is 247 g/mol. The smallest absolute Gasteiger partial charge is 0.399 e. The summed E-state index contributed by atoms with van der Waals surface area (Å²) in [5.41, 5.74) is 3.67. The third kappa shape index (κ3) is 2.12. The number of rotatable bonds is 1. The van der Waals surface area contributed by atoms with Gasteiger partial charge in [0.25, 0.3) is 0 Å². The molecule has 1 fully saturated rings. The van der Waals surface area contributed by atoms with Gasteiger partial charge >= 0.3 is 7.12 Å². The Hall–Kier alpha value is -0.795. The first-order valence-corrected chi connectivity index (χ1v) is 7.79. The Morgan fingerprint density at radius 3 is 2.40 bits per heavy atom. The average molecular weight is 272 g/mol. The second-order valence-electron chi connectivity index (χ2n) is 7.30. The Morgan fingerprint density at radius 2 is 1.75 bits per heavy atom. The summed E-state index contributed by atoms with van der Waals surface area (Å²) in [6, 6.07) is 6.61. The maximum absolute atomic E-state index is 6.23. The lowest BCUT2D eigenvalue weighted by Gasteiger charge is -2.32. The van der Waals surface area contributed by atoms with Crippen LogP contribution in [0.5, 0.6) is 0 Å². The van der Waals surface area contributed by atoms with Crippen LogP contribution in [0.2, 0.25) is 0 Å². The van der Waals surface area contributed by atoms with E-state index in [9.17, 15) is 0 Å². The first kappa shape index (κ1) is 14.2. The molecule has 2 aliphatic rings. The van der Waals surface area contributed by atoms with Gasteiger partial charge in [-0.2, -0.15) is 0 Å². The molecule has 2 nitrogen and oxygen atoms in total. The first-order chi connectivity index (χ1) is 9.32. The van der Waals surface area contributed by atoms with E-state index >= 15 is 0 Å². The Bertz CT molecular complexity index is 506. The molecule has 1 aliphatic carbocycles. The van der Waals surface area contributed by atoms with Crippen LogP contribution < -0.4 is 5.46 Å². The van der Waals surface area contributed by atoms with E-state index in [4.69, 9.17) is 9.31 Å². The summed E-state index contributed by atoms with van der Waals surface area (Å²) in [7, 11) is -0.222. The Kier molecular flexibility index (Phi) is 3.26. The Labute approximate surface area is 123 Å². The predicted molar refractivity (Wildman–Crippen MR) is 83.5 cm³/mol. The molecule has 0 radical (unpaired) electrons. The van der Waals surface area contributed by atoms with E-state index in [1.807, 2.05) is 0 Å². The molecule has 1 saturated heterocycles. The molecule has 1 aliphatic heterocycles. The lowest BCUT2D eigenvalue weighted by molar-refractivity contribution is 0.00578. The van der Waals surface area contributed by atoms with Crippen LogP contribution in [0.3, 0.4) is 0 Å². The van der Waals surface area contributed by atoms with Crippen LogP contribution in [0, 0.1) is 0 Å². The second kappa shape index (κ2) is 4.61. The molecule has 1 heterocycles. The van der Waals surface area contributed by atoms with Gasteiger partial charge in [0.2, 0.25) is 0 Å². The fourth-order valence-electron chi connectivity index (χ4n) is 3.31. The molecule has 0 N–H and O–H groups in total. The first-order valence-electron chi connectivity index (χ1n) is 7.79. The van der Waals surface area contributed by atoms with Crippen molar-refractivity contribution in [2.75, 3.05) is 0 Å². The van der Waals surface area contributed by atoms with Crippen molar-refractivity contribution in [2.24, 2.45) is 0 Å². The summed E-state index contributed by atoms with van der Waals surface area (Å²) < 4.78 is 12.5. The highest BCUT2D eigenvalue weighted by Gasteiger charge is 2.52. The predicted octanol–water partition coefficient (Wildman–Crippen LogP) is 3.43. The van der Waals surface area contributed by atoms with Crippen LogP contribution in [-0.4, -0.2) is 18.3 Å². The molecule has 0 unspecified atom stereocenters. The molecule has 0 bridgehead atoms. The largest absolute Gasteiger partial charge is 0.495 e. The summed E-state index contributed by atoms with van der Waals surface area (Å²) in [6.45, 7) is 10.8. The van der Waals surface area contributed by atoms with E-state index in [1.165, 1.54) is 29.4 Å². The van der Waals surface area contributed by atoms with Gasteiger partial charge in [-0.15, -0.1) is 0 Å². The Morgan fingerprint density at radius 1 is 1.10 bits per heavy atom. The van der Waals surface area contributed by atoms with Crippen molar-refractivity contribution in [2.45, 2.75) is 71.0 Å². The standard InChI is InChI=1S/C17H25BO2/c1-12-8-6-10-14-13(12)9-7-11-15(14)18-19-16(2,3)17(4,5)20-18/h7,9,11-12H,6,8,10H2,1-5H3/t12-/m0/s1. The van der Waals surface area contributed by atoms with Gasteiger partial charge in [-0.1, -0.05) is 25.1 Å². The van der Waals surface area contributed by atoms with Crippen LogP contribution >= 0.6 is 0 Å². The van der Waals surface area contributed by atoms with Crippen LogP contribution in [-0.2, 0) is 15.7 Å². The van der Waals surface area contributed by atoms with Gasteiger partial charge in [-0.05, 0) is 69.5 Å². The summed E-state index contributed by atoms with van der Waals surface area (Å²) in [6.07, 6.45) is 3.71. The van der Waals surface area contributed by atoms with Gasteiger partial charge in [0.1, 0.15) is 0 Å². The van der Waals surface area contributed by atoms with E-state index < -0.39 is 0 Å². The fourth-order valence-corrected chi connectivity index (χ4v) is 3.31. The molecule has 20 heavy (non-hydrogen) atoms. The highest BCUT2D eigenvalue weighted by molar-refractivity contribution is 6.62. The average Bonchev–Trinajstić information content (AvgIpc) is 2.58. The third-order valence-electron chi connectivity index (χ3n) is 5.35. The van der Waals surface area contributed by atoms with E-state index in [2.05, 4.69) is 52.8 Å². The van der Waals surface area contributed by atoms with Gasteiger partial charge in [-0.25, -0.2) is 0 Å². The van der Waals surface area contributed by atoms with Crippen LogP contribution in [0.15, 0.2) is 18.2 Å². The number of hydrogen-bond acceptors (Lipinski definition) is 2. The Balaban J connectivity index is 1.99. The van der Waals surface area contributed by atoms with Crippen LogP contribution in [0.25, 0.3) is 0 Å². The van der Waals surface area contributed by atoms with Crippen LogP contribution in [0.4, 0.5) is 0 Å². The molecule has 108 valence electrons. The number of fused-ring (bicyclic) bond motifs is 1. The van der Waals surface area contributed by atoms with Gasteiger partial charge < -0.3 is 9.31 Å². The molecule has 0 saturated carbocycles. The zero-order valence-electron chi connectivity index (χ0n) is 13.3. The molecule has 0 spiro atoms. The topological polar surface area (TPSA) is 18.5 Å². The number of hydrogen-bond donors (Lipinski definition) is 0. The molecule has 3 heteroatoms. The summed E-state index contributed by atoms with van der Waals surface area (Å²) in [5.74, 6) is 0.654. The zero-order valence-corrected chi connectivity index (χ0v) is 13.3. The maximum Gasteiger partial charge on any atom is 0.495 e. The molecular formula is C17H25BO2. The third-order valence-corrected chi connectivity index (χ3v) is 5.35. The van der Waals surface area contributed by atoms with Crippen molar-refractivity contribution in [3.63, 3.8) is 0 Å². The van der Waals surface area contributed by atoms with Gasteiger partial charge in [0.05, 0.1) is 11.2 Å². The molecule has 0 aromatic heterocycles. The SMILES string of the molecule is C[C@H]1CCCc2c(B3OC(C)(C)C(C)(C)O3)cccc21. The summed E-state index contributed by atoms with van der Waals surface area (Å²) >= 11 is 0. The fraction of sp³-hybridized carbons (Fsp3) is 0.647. The normalized spacial score (nSPS) is 27.4. The maximum atomic E-state index is 6.23. The highest BCUT2D eigenvalue weighted by Crippen LogP contribution is 2.38. The van der Waals surface area contributed by atoms with Crippen molar-refractivity contribution < 1.29 is 9.31 Å². The van der Waals surface area contributed by atoms with Crippen molar-refractivity contribution in [1.29, 1.82) is 0 Å². The van der Waals surface area contributed by atoms with Gasteiger partial charge in [0.15, 0.2) is 0 Å². The van der Waals surface area contributed by atoms with Gasteiger partial charge in [-0.3, -0.25) is 0 Å². The van der Waals surface area contributed by atoms with E-state index in [1.54, 1.807) is 0 Å².